The van der Waals surface area contributed by atoms with Gasteiger partial charge >= 0.3 is 0 Å². The van der Waals surface area contributed by atoms with E-state index < -0.39 is 0 Å². The average molecular weight is 236 g/mol. The van der Waals surface area contributed by atoms with Crippen LogP contribution < -0.4 is 5.32 Å². The van der Waals surface area contributed by atoms with Crippen molar-refractivity contribution in [3.8, 4) is 6.07 Å². The maximum Gasteiger partial charge on any atom is 0.111 e. The Morgan fingerprint density at radius 2 is 2.06 bits per heavy atom. The summed E-state index contributed by atoms with van der Waals surface area (Å²) >= 11 is 0. The molecule has 2 unspecified atom stereocenters. The molecule has 0 bridgehead atoms. The molecule has 2 fully saturated rings. The van der Waals surface area contributed by atoms with Gasteiger partial charge in [-0.15, -0.1) is 0 Å². The first-order valence-corrected chi connectivity index (χ1v) is 6.88. The van der Waals surface area contributed by atoms with Crippen molar-refractivity contribution in [3.63, 3.8) is 0 Å². The standard InChI is InChI=1S/C14H24N2O/c1-13(2)7-3-4-8-14(13,11-15)16-10-12-6-5-9-17-12/h12,16H,3-10H2,1-2H3. The molecule has 0 aromatic carbocycles. The predicted molar refractivity (Wildman–Crippen MR) is 67.6 cm³/mol. The van der Waals surface area contributed by atoms with E-state index in [1.165, 1.54) is 6.42 Å². The van der Waals surface area contributed by atoms with Crippen molar-refractivity contribution in [1.82, 2.24) is 5.32 Å². The summed E-state index contributed by atoms with van der Waals surface area (Å²) in [6.45, 7) is 6.15. The van der Waals surface area contributed by atoms with E-state index in [0.29, 0.717) is 6.10 Å². The average Bonchev–Trinajstić information content (AvgIpc) is 2.81. The Morgan fingerprint density at radius 1 is 1.29 bits per heavy atom. The lowest BCUT2D eigenvalue weighted by molar-refractivity contribution is 0.0692. The van der Waals surface area contributed by atoms with Gasteiger partial charge in [0.05, 0.1) is 12.2 Å². The van der Waals surface area contributed by atoms with Gasteiger partial charge in [-0.05, 0) is 31.1 Å². The van der Waals surface area contributed by atoms with Crippen molar-refractivity contribution in [3.05, 3.63) is 0 Å². The number of nitrogens with one attached hydrogen (secondary N) is 1. The molecule has 2 aliphatic rings. The van der Waals surface area contributed by atoms with E-state index in [9.17, 15) is 5.26 Å². The van der Waals surface area contributed by atoms with Gasteiger partial charge in [-0.1, -0.05) is 26.7 Å². The summed E-state index contributed by atoms with van der Waals surface area (Å²) in [5.41, 5.74) is -0.282. The highest BCUT2D eigenvalue weighted by Crippen LogP contribution is 2.43. The van der Waals surface area contributed by atoms with Crippen molar-refractivity contribution in [1.29, 1.82) is 5.26 Å². The molecule has 0 spiro atoms. The van der Waals surface area contributed by atoms with E-state index in [1.54, 1.807) is 0 Å². The number of hydrogen-bond donors (Lipinski definition) is 1. The number of nitriles is 1. The van der Waals surface area contributed by atoms with Gasteiger partial charge in [-0.2, -0.15) is 5.26 Å². The molecule has 17 heavy (non-hydrogen) atoms. The Labute approximate surface area is 105 Å². The van der Waals surface area contributed by atoms with Crippen LogP contribution in [0.1, 0.15) is 52.4 Å². The zero-order valence-electron chi connectivity index (χ0n) is 11.1. The molecule has 0 aromatic rings. The summed E-state index contributed by atoms with van der Waals surface area (Å²) in [6.07, 6.45) is 7.14. The molecular formula is C14H24N2O. The summed E-state index contributed by atoms with van der Waals surface area (Å²) in [5, 5.41) is 13.1. The zero-order chi connectivity index (χ0) is 12.4. The Bertz CT molecular complexity index is 302. The van der Waals surface area contributed by atoms with Gasteiger partial charge in [0.1, 0.15) is 5.54 Å². The lowest BCUT2D eigenvalue weighted by atomic mass is 9.64. The fourth-order valence-electron chi connectivity index (χ4n) is 3.18. The van der Waals surface area contributed by atoms with E-state index in [0.717, 1.165) is 45.3 Å². The van der Waals surface area contributed by atoms with Gasteiger partial charge in [-0.25, -0.2) is 0 Å². The molecule has 0 amide bonds. The molecule has 1 saturated heterocycles. The molecule has 2 rings (SSSR count). The molecule has 2 atom stereocenters. The van der Waals surface area contributed by atoms with Gasteiger partial charge in [-0.3, -0.25) is 5.32 Å². The van der Waals surface area contributed by atoms with Crippen LogP contribution in [0.25, 0.3) is 0 Å². The SMILES string of the molecule is CC1(C)CCCCC1(C#N)NCC1CCCO1. The van der Waals surface area contributed by atoms with Crippen LogP contribution in [0.5, 0.6) is 0 Å². The normalized spacial score (nSPS) is 36.6. The van der Waals surface area contributed by atoms with E-state index >= 15 is 0 Å². The minimum Gasteiger partial charge on any atom is -0.377 e. The Balaban J connectivity index is 2.00. The number of ether oxygens (including phenoxy) is 1. The zero-order valence-corrected chi connectivity index (χ0v) is 11.1. The van der Waals surface area contributed by atoms with Gasteiger partial charge in [0.15, 0.2) is 0 Å². The quantitative estimate of drug-likeness (QED) is 0.819. The summed E-state index contributed by atoms with van der Waals surface area (Å²) in [6, 6.07) is 2.56. The molecular weight excluding hydrogens is 212 g/mol. The molecule has 96 valence electrons. The van der Waals surface area contributed by atoms with Crippen LogP contribution in [-0.2, 0) is 4.74 Å². The van der Waals surface area contributed by atoms with E-state index in [-0.39, 0.29) is 11.0 Å². The third kappa shape index (κ3) is 2.48. The summed E-state index contributed by atoms with van der Waals surface area (Å²) in [5.74, 6) is 0. The Hall–Kier alpha value is -0.590. The lowest BCUT2D eigenvalue weighted by Crippen LogP contribution is -2.58. The molecule has 3 nitrogen and oxygen atoms in total. The van der Waals surface area contributed by atoms with Crippen LogP contribution in [0.4, 0.5) is 0 Å². The summed E-state index contributed by atoms with van der Waals surface area (Å²) < 4.78 is 5.63. The van der Waals surface area contributed by atoms with Gasteiger partial charge in [0.2, 0.25) is 0 Å². The molecule has 1 saturated carbocycles. The maximum atomic E-state index is 9.60. The second-order valence-electron chi connectivity index (χ2n) is 6.12. The highest BCUT2D eigenvalue weighted by atomic mass is 16.5. The second kappa shape index (κ2) is 4.96. The predicted octanol–water partition coefficient (Wildman–Crippen LogP) is 2.62. The third-order valence-electron chi connectivity index (χ3n) is 4.61. The molecule has 3 heteroatoms. The molecule has 1 heterocycles. The fourth-order valence-corrected chi connectivity index (χ4v) is 3.18. The van der Waals surface area contributed by atoms with Crippen molar-refractivity contribution >= 4 is 0 Å². The van der Waals surface area contributed by atoms with Gasteiger partial charge in [0, 0.05) is 13.2 Å². The van der Waals surface area contributed by atoms with Crippen LogP contribution >= 0.6 is 0 Å². The first-order chi connectivity index (χ1) is 8.10. The smallest absolute Gasteiger partial charge is 0.111 e. The highest BCUT2D eigenvalue weighted by molar-refractivity contribution is 5.16. The Kier molecular flexibility index (Phi) is 3.75. The topological polar surface area (TPSA) is 45.0 Å². The largest absolute Gasteiger partial charge is 0.377 e. The minimum atomic E-state index is -0.350. The van der Waals surface area contributed by atoms with Gasteiger partial charge < -0.3 is 4.74 Å². The molecule has 1 aliphatic heterocycles. The Morgan fingerprint density at radius 3 is 2.65 bits per heavy atom. The van der Waals surface area contributed by atoms with Crippen LogP contribution in [-0.4, -0.2) is 24.8 Å². The molecule has 0 radical (unpaired) electrons. The van der Waals surface area contributed by atoms with Crippen molar-refractivity contribution < 1.29 is 4.74 Å². The van der Waals surface area contributed by atoms with Crippen LogP contribution in [0.2, 0.25) is 0 Å². The van der Waals surface area contributed by atoms with Crippen LogP contribution in [0.3, 0.4) is 0 Å². The van der Waals surface area contributed by atoms with Crippen LogP contribution in [0, 0.1) is 16.7 Å². The second-order valence-corrected chi connectivity index (χ2v) is 6.12. The number of hydrogen-bond acceptors (Lipinski definition) is 3. The van der Waals surface area contributed by atoms with Gasteiger partial charge in [0.25, 0.3) is 0 Å². The number of rotatable bonds is 3. The third-order valence-corrected chi connectivity index (χ3v) is 4.61. The summed E-state index contributed by atoms with van der Waals surface area (Å²) in [7, 11) is 0. The van der Waals surface area contributed by atoms with Crippen molar-refractivity contribution in [2.24, 2.45) is 5.41 Å². The van der Waals surface area contributed by atoms with Crippen LogP contribution in [0.15, 0.2) is 0 Å². The number of nitrogens with zero attached hydrogens (tertiary/aromatic N) is 1. The first-order valence-electron chi connectivity index (χ1n) is 6.88. The van der Waals surface area contributed by atoms with Crippen molar-refractivity contribution in [2.45, 2.75) is 64.0 Å². The highest BCUT2D eigenvalue weighted by Gasteiger charge is 2.47. The summed E-state index contributed by atoms with van der Waals surface area (Å²) in [4.78, 5) is 0. The monoisotopic (exact) mass is 236 g/mol. The van der Waals surface area contributed by atoms with E-state index in [2.05, 4.69) is 25.2 Å². The fraction of sp³-hybridized carbons (Fsp3) is 0.929. The molecule has 0 aromatic heterocycles. The first kappa shape index (κ1) is 12.9. The van der Waals surface area contributed by atoms with E-state index in [1.807, 2.05) is 0 Å². The van der Waals surface area contributed by atoms with E-state index in [4.69, 9.17) is 4.74 Å². The molecule has 1 N–H and O–H groups in total. The minimum absolute atomic E-state index is 0.0681. The lowest BCUT2D eigenvalue weighted by Gasteiger charge is -2.46. The maximum absolute atomic E-state index is 9.60. The molecule has 1 aliphatic carbocycles. The van der Waals surface area contributed by atoms with Crippen molar-refractivity contribution in [2.75, 3.05) is 13.2 Å².